The van der Waals surface area contributed by atoms with Crippen molar-refractivity contribution in [2.24, 2.45) is 0 Å². The van der Waals surface area contributed by atoms with Crippen LogP contribution in [0, 0.1) is 13.8 Å². The minimum absolute atomic E-state index is 0.0838. The number of carbonyl (C=O) groups is 2. The number of amides is 2. The van der Waals surface area contributed by atoms with E-state index in [0.717, 1.165) is 30.6 Å². The lowest BCUT2D eigenvalue weighted by Gasteiger charge is -2.34. The highest BCUT2D eigenvalue weighted by atomic mass is 32.1. The van der Waals surface area contributed by atoms with Gasteiger partial charge in [-0.1, -0.05) is 17.2 Å². The van der Waals surface area contributed by atoms with Gasteiger partial charge >= 0.3 is 0 Å². The van der Waals surface area contributed by atoms with Crippen LogP contribution in [0.25, 0.3) is 21.5 Å². The zero-order chi connectivity index (χ0) is 24.7. The molecule has 0 atom stereocenters. The Morgan fingerprint density at radius 2 is 1.51 bits per heavy atom. The first kappa shape index (κ1) is 23.9. The molecule has 7 heteroatoms. The highest BCUT2D eigenvalue weighted by Gasteiger charge is 2.31. The van der Waals surface area contributed by atoms with Gasteiger partial charge in [-0.2, -0.15) is 0 Å². The SMILES string of the molecule is CCn1c(-c2cc(C)cc(C)c2)c(N2CCCCC2)c2c(C(=O)N3CCN(C(C)=O)CC3)csc21. The largest absolute Gasteiger partial charge is 0.369 e. The summed E-state index contributed by atoms with van der Waals surface area (Å²) in [6, 6.07) is 6.79. The number of piperidine rings is 1. The van der Waals surface area contributed by atoms with Crippen LogP contribution < -0.4 is 4.90 Å². The number of aryl methyl sites for hydroxylation is 3. The van der Waals surface area contributed by atoms with Crippen LogP contribution in [0.1, 0.15) is 54.6 Å². The van der Waals surface area contributed by atoms with Crippen LogP contribution in [-0.2, 0) is 11.3 Å². The molecule has 0 N–H and O–H groups in total. The Kier molecular flexibility index (Phi) is 6.62. The maximum absolute atomic E-state index is 13.8. The van der Waals surface area contributed by atoms with Crippen LogP contribution in [0.4, 0.5) is 5.69 Å². The van der Waals surface area contributed by atoms with Gasteiger partial charge in [0.1, 0.15) is 4.83 Å². The van der Waals surface area contributed by atoms with Crippen molar-refractivity contribution in [1.82, 2.24) is 14.4 Å². The molecule has 0 unspecified atom stereocenters. The van der Waals surface area contributed by atoms with E-state index in [1.165, 1.54) is 52.2 Å². The minimum Gasteiger partial charge on any atom is -0.369 e. The number of carbonyl (C=O) groups excluding carboxylic acids is 2. The van der Waals surface area contributed by atoms with Gasteiger partial charge in [0.05, 0.1) is 16.9 Å². The van der Waals surface area contributed by atoms with Crippen molar-refractivity contribution in [3.05, 3.63) is 40.3 Å². The third kappa shape index (κ3) is 4.35. The fourth-order valence-corrected chi connectivity index (χ4v) is 6.93. The number of piperazine rings is 1. The van der Waals surface area contributed by atoms with E-state index in [-0.39, 0.29) is 11.8 Å². The predicted molar refractivity (Wildman–Crippen MR) is 145 cm³/mol. The van der Waals surface area contributed by atoms with Crippen molar-refractivity contribution in [2.45, 2.75) is 53.5 Å². The molecule has 6 nitrogen and oxygen atoms in total. The summed E-state index contributed by atoms with van der Waals surface area (Å²) in [4.78, 5) is 33.1. The number of benzene rings is 1. The molecule has 4 heterocycles. The van der Waals surface area contributed by atoms with E-state index in [1.807, 2.05) is 9.80 Å². The summed E-state index contributed by atoms with van der Waals surface area (Å²) >= 11 is 1.69. The number of fused-ring (bicyclic) bond motifs is 1. The number of aromatic nitrogens is 1. The summed E-state index contributed by atoms with van der Waals surface area (Å²) in [6.07, 6.45) is 3.64. The molecule has 35 heavy (non-hydrogen) atoms. The molecule has 2 aliphatic rings. The normalized spacial score (nSPS) is 16.9. The Bertz CT molecular complexity index is 1240. The van der Waals surface area contributed by atoms with Crippen LogP contribution in [-0.4, -0.2) is 65.4 Å². The summed E-state index contributed by atoms with van der Waals surface area (Å²) in [5.74, 6) is 0.179. The van der Waals surface area contributed by atoms with Gasteiger partial charge in [0.2, 0.25) is 5.91 Å². The van der Waals surface area contributed by atoms with Gasteiger partial charge < -0.3 is 19.3 Å². The van der Waals surface area contributed by atoms with Crippen LogP contribution in [0.3, 0.4) is 0 Å². The van der Waals surface area contributed by atoms with Gasteiger partial charge in [-0.05, 0) is 52.2 Å². The van der Waals surface area contributed by atoms with Crippen LogP contribution in [0.15, 0.2) is 23.6 Å². The Morgan fingerprint density at radius 3 is 2.11 bits per heavy atom. The molecule has 1 aromatic carbocycles. The van der Waals surface area contributed by atoms with Gasteiger partial charge in [0.15, 0.2) is 0 Å². The first-order valence-electron chi connectivity index (χ1n) is 12.9. The molecule has 0 radical (unpaired) electrons. The van der Waals surface area contributed by atoms with E-state index in [0.29, 0.717) is 26.2 Å². The lowest BCUT2D eigenvalue weighted by Crippen LogP contribution is -2.50. The van der Waals surface area contributed by atoms with Crippen molar-refractivity contribution in [3.63, 3.8) is 0 Å². The molecule has 2 aliphatic heterocycles. The van der Waals surface area contributed by atoms with E-state index < -0.39 is 0 Å². The van der Waals surface area contributed by atoms with Gasteiger partial charge in [-0.25, -0.2) is 0 Å². The zero-order valence-electron chi connectivity index (χ0n) is 21.4. The van der Waals surface area contributed by atoms with Gasteiger partial charge in [0.25, 0.3) is 5.91 Å². The minimum atomic E-state index is 0.0838. The van der Waals surface area contributed by atoms with Crippen molar-refractivity contribution in [2.75, 3.05) is 44.2 Å². The van der Waals surface area contributed by atoms with Crippen molar-refractivity contribution in [1.29, 1.82) is 0 Å². The van der Waals surface area contributed by atoms with Gasteiger partial charge in [0, 0.05) is 69.1 Å². The molecule has 5 rings (SSSR count). The number of anilines is 1. The number of hydrogen-bond acceptors (Lipinski definition) is 4. The molecule has 0 aliphatic carbocycles. The Balaban J connectivity index is 1.65. The second kappa shape index (κ2) is 9.69. The second-order valence-electron chi connectivity index (χ2n) is 9.99. The molecule has 0 spiro atoms. The van der Waals surface area contributed by atoms with E-state index in [9.17, 15) is 9.59 Å². The van der Waals surface area contributed by atoms with Crippen molar-refractivity contribution < 1.29 is 9.59 Å². The molecular weight excluding hydrogens is 456 g/mol. The maximum atomic E-state index is 13.8. The fraction of sp³-hybridized carbons (Fsp3) is 0.500. The smallest absolute Gasteiger partial charge is 0.255 e. The zero-order valence-corrected chi connectivity index (χ0v) is 22.2. The molecule has 2 amide bonds. The van der Waals surface area contributed by atoms with Gasteiger partial charge in [-0.15, -0.1) is 11.3 Å². The number of rotatable bonds is 4. The number of hydrogen-bond donors (Lipinski definition) is 0. The van der Waals surface area contributed by atoms with Crippen molar-refractivity contribution in [3.8, 4) is 11.3 Å². The van der Waals surface area contributed by atoms with E-state index in [1.54, 1.807) is 18.3 Å². The van der Waals surface area contributed by atoms with Crippen LogP contribution >= 0.6 is 11.3 Å². The van der Waals surface area contributed by atoms with Crippen LogP contribution in [0.2, 0.25) is 0 Å². The third-order valence-corrected chi connectivity index (χ3v) is 8.48. The first-order valence-corrected chi connectivity index (χ1v) is 13.8. The maximum Gasteiger partial charge on any atom is 0.255 e. The third-order valence-electron chi connectivity index (χ3n) is 7.47. The quantitative estimate of drug-likeness (QED) is 0.497. The number of nitrogens with zero attached hydrogens (tertiary/aromatic N) is 4. The summed E-state index contributed by atoms with van der Waals surface area (Å²) in [5.41, 5.74) is 7.06. The molecule has 2 fully saturated rings. The van der Waals surface area contributed by atoms with E-state index >= 15 is 0 Å². The molecule has 0 saturated carbocycles. The van der Waals surface area contributed by atoms with Crippen molar-refractivity contribution >= 4 is 39.1 Å². The average Bonchev–Trinajstić information content (AvgIpc) is 3.41. The summed E-state index contributed by atoms with van der Waals surface area (Å²) in [6.45, 7) is 13.4. The topological polar surface area (TPSA) is 48.8 Å². The molecule has 2 saturated heterocycles. The highest BCUT2D eigenvalue weighted by molar-refractivity contribution is 7.17. The number of thiophene rings is 1. The van der Waals surface area contributed by atoms with E-state index in [2.05, 4.69) is 53.8 Å². The molecule has 0 bridgehead atoms. The fourth-order valence-electron chi connectivity index (χ4n) is 5.81. The average molecular weight is 493 g/mol. The first-order chi connectivity index (χ1) is 16.9. The summed E-state index contributed by atoms with van der Waals surface area (Å²) in [7, 11) is 0. The Morgan fingerprint density at radius 1 is 0.886 bits per heavy atom. The molecule has 3 aromatic rings. The Hall–Kier alpha value is -2.80. The lowest BCUT2D eigenvalue weighted by atomic mass is 10.0. The van der Waals surface area contributed by atoms with Gasteiger partial charge in [-0.3, -0.25) is 9.59 Å². The predicted octanol–water partition coefficient (Wildman–Crippen LogP) is 5.30. The summed E-state index contributed by atoms with van der Waals surface area (Å²) < 4.78 is 2.42. The second-order valence-corrected chi connectivity index (χ2v) is 10.9. The van der Waals surface area contributed by atoms with Crippen LogP contribution in [0.5, 0.6) is 0 Å². The molecule has 186 valence electrons. The summed E-state index contributed by atoms with van der Waals surface area (Å²) in [5, 5.41) is 3.18. The Labute approximate surface area is 212 Å². The molecular formula is C28H36N4O2S. The standard InChI is InChI=1S/C28H36N4O2S/c1-5-32-25(22-16-19(2)15-20(3)17-22)26(30-9-7-6-8-10-30)24-23(18-35-28(24)32)27(34)31-13-11-29(12-14-31)21(4)33/h15-18H,5-14H2,1-4H3. The lowest BCUT2D eigenvalue weighted by molar-refractivity contribution is -0.130. The molecule has 2 aromatic heterocycles. The highest BCUT2D eigenvalue weighted by Crippen LogP contribution is 2.46. The van der Waals surface area contributed by atoms with E-state index in [4.69, 9.17) is 0 Å². The monoisotopic (exact) mass is 492 g/mol.